The fraction of sp³-hybridized carbons (Fsp3) is 0. The van der Waals surface area contributed by atoms with Crippen LogP contribution in [0.25, 0.3) is 0 Å². The standard InChI is InChI=1S/C3HNO2S2/c5-1-4-2(6)3(7)8/h(H,7,8). The van der Waals surface area contributed by atoms with Crippen molar-refractivity contribution >= 4 is 41.0 Å². The molecule has 0 aliphatic rings. The van der Waals surface area contributed by atoms with Crippen molar-refractivity contribution in [3.63, 3.8) is 0 Å². The highest BCUT2D eigenvalue weighted by molar-refractivity contribution is 8.13. The maximum Gasteiger partial charge on any atom is 0.304 e. The highest BCUT2D eigenvalue weighted by atomic mass is 32.1. The molecule has 0 aliphatic heterocycles. The first-order valence-corrected chi connectivity index (χ1v) is 2.39. The number of carbonyl (C=O) groups is 1. The molecule has 0 spiro atoms. The van der Waals surface area contributed by atoms with Crippen molar-refractivity contribution in [2.45, 2.75) is 0 Å². The van der Waals surface area contributed by atoms with Crippen molar-refractivity contribution in [2.24, 2.45) is 4.99 Å². The van der Waals surface area contributed by atoms with Gasteiger partial charge < -0.3 is 0 Å². The van der Waals surface area contributed by atoms with Gasteiger partial charge in [0.05, 0.1) is 0 Å². The first kappa shape index (κ1) is 7.49. The number of carbonyl (C=O) groups excluding carboxylic acids is 2. The summed E-state index contributed by atoms with van der Waals surface area (Å²) in [7, 11) is 0. The predicted octanol–water partition coefficient (Wildman–Crippen LogP) is 0.106. The first-order valence-electron chi connectivity index (χ1n) is 1.53. The fourth-order valence-corrected chi connectivity index (χ4v) is 0.185. The molecule has 8 heavy (non-hydrogen) atoms. The number of thiol groups is 1. The molecule has 0 heterocycles. The lowest BCUT2D eigenvalue weighted by molar-refractivity contribution is -0.111. The molecule has 0 aliphatic carbocycles. The van der Waals surface area contributed by atoms with Gasteiger partial charge in [-0.2, -0.15) is 0 Å². The third-order valence-electron chi connectivity index (χ3n) is 0.330. The van der Waals surface area contributed by atoms with Crippen molar-refractivity contribution in [3.8, 4) is 0 Å². The van der Waals surface area contributed by atoms with Crippen LogP contribution in [0.5, 0.6) is 0 Å². The molecule has 1 amide bonds. The molecule has 0 aromatic carbocycles. The molecule has 0 atom stereocenters. The van der Waals surface area contributed by atoms with Crippen molar-refractivity contribution in [1.29, 1.82) is 0 Å². The number of thiocarbonyl (C=S) groups is 1. The minimum atomic E-state index is -0.821. The Bertz CT molecular complexity index is 166. The molecule has 0 saturated heterocycles. The third kappa shape index (κ3) is 2.63. The number of hydrogen-bond acceptors (Lipinski definition) is 3. The van der Waals surface area contributed by atoms with Gasteiger partial charge in [-0.3, -0.25) is 4.79 Å². The van der Waals surface area contributed by atoms with E-state index in [0.29, 0.717) is 0 Å². The largest absolute Gasteiger partial charge is 0.304 e. The van der Waals surface area contributed by atoms with E-state index in [1.807, 2.05) is 0 Å². The molecule has 0 N–H and O–H groups in total. The molecular formula is C3HNO2S2. The zero-order valence-electron chi connectivity index (χ0n) is 3.62. The monoisotopic (exact) mass is 147 g/mol. The summed E-state index contributed by atoms with van der Waals surface area (Å²) in [5.74, 6) is -0.821. The van der Waals surface area contributed by atoms with Crippen LogP contribution in [0.3, 0.4) is 0 Å². The van der Waals surface area contributed by atoms with Gasteiger partial charge in [0.25, 0.3) is 0 Å². The van der Waals surface area contributed by atoms with Crippen LogP contribution >= 0.6 is 24.8 Å². The van der Waals surface area contributed by atoms with Gasteiger partial charge in [-0.25, -0.2) is 4.79 Å². The van der Waals surface area contributed by atoms with Crippen LogP contribution in [0.15, 0.2) is 4.99 Å². The normalized spacial score (nSPS) is 7.12. The lowest BCUT2D eigenvalue weighted by atomic mass is 10.7. The summed E-state index contributed by atoms with van der Waals surface area (Å²) in [6.45, 7) is 0. The van der Waals surface area contributed by atoms with Crippen LogP contribution < -0.4 is 0 Å². The second-order valence-corrected chi connectivity index (χ2v) is 1.97. The van der Waals surface area contributed by atoms with E-state index < -0.39 is 5.91 Å². The quantitative estimate of drug-likeness (QED) is 0.248. The maximum absolute atomic E-state index is 10.1. The second-order valence-electron chi connectivity index (χ2n) is 0.813. The van der Waals surface area contributed by atoms with E-state index in [9.17, 15) is 9.59 Å². The number of nitrogens with zero attached hydrogens (tertiary/aromatic N) is 1. The molecule has 0 rings (SSSR count). The van der Waals surface area contributed by atoms with Crippen molar-refractivity contribution in [1.82, 2.24) is 0 Å². The van der Waals surface area contributed by atoms with Gasteiger partial charge in [-0.1, -0.05) is 12.2 Å². The molecule has 0 radical (unpaired) electrons. The van der Waals surface area contributed by atoms with E-state index in [1.54, 1.807) is 0 Å². The summed E-state index contributed by atoms with van der Waals surface area (Å²) < 4.78 is -0.228. The molecule has 0 aromatic rings. The fourth-order valence-electron chi connectivity index (χ4n) is 0.0893. The van der Waals surface area contributed by atoms with Gasteiger partial charge in [0, 0.05) is 0 Å². The summed E-state index contributed by atoms with van der Waals surface area (Å²) in [6.07, 6.45) is 1.04. The average Bonchev–Trinajstić information content (AvgIpc) is 1.67. The van der Waals surface area contributed by atoms with E-state index in [0.717, 1.165) is 6.08 Å². The highest BCUT2D eigenvalue weighted by Crippen LogP contribution is 1.85. The highest BCUT2D eigenvalue weighted by Gasteiger charge is 1.98. The molecule has 5 heteroatoms. The summed E-state index contributed by atoms with van der Waals surface area (Å²) in [5, 5.41) is 0. The van der Waals surface area contributed by atoms with E-state index >= 15 is 0 Å². The van der Waals surface area contributed by atoms with Crippen LogP contribution in [0.4, 0.5) is 0 Å². The summed E-state index contributed by atoms with van der Waals surface area (Å²) in [5.41, 5.74) is 0. The Morgan fingerprint density at radius 1 is 1.75 bits per heavy atom. The summed E-state index contributed by atoms with van der Waals surface area (Å²) >= 11 is 7.66. The van der Waals surface area contributed by atoms with Crippen LogP contribution in [-0.2, 0) is 9.59 Å². The van der Waals surface area contributed by atoms with Gasteiger partial charge >= 0.3 is 5.91 Å². The molecule has 0 aromatic heterocycles. The van der Waals surface area contributed by atoms with Crippen molar-refractivity contribution in [2.75, 3.05) is 0 Å². The Hall–Kier alpha value is -0.510. The molecule has 0 unspecified atom stereocenters. The van der Waals surface area contributed by atoms with Crippen LogP contribution in [0.2, 0.25) is 0 Å². The minimum absolute atomic E-state index is 0.228. The number of rotatable bonds is 1. The topological polar surface area (TPSA) is 46.5 Å². The third-order valence-corrected chi connectivity index (χ3v) is 0.696. The Balaban J connectivity index is 4.05. The van der Waals surface area contributed by atoms with Crippen LogP contribution in [-0.4, -0.2) is 16.2 Å². The number of amides is 1. The lowest BCUT2D eigenvalue weighted by Crippen LogP contribution is -1.98. The van der Waals surface area contributed by atoms with Gasteiger partial charge in [-0.15, -0.1) is 17.6 Å². The zero-order valence-corrected chi connectivity index (χ0v) is 5.33. The number of aliphatic imine (C=N–C) groups is 1. The zero-order chi connectivity index (χ0) is 6.57. The van der Waals surface area contributed by atoms with E-state index in [-0.39, 0.29) is 4.20 Å². The van der Waals surface area contributed by atoms with E-state index in [1.165, 1.54) is 0 Å². The Labute approximate surface area is 56.2 Å². The molecule has 0 saturated carbocycles. The second kappa shape index (κ2) is 3.49. The van der Waals surface area contributed by atoms with E-state index in [4.69, 9.17) is 0 Å². The molecular weight excluding hydrogens is 146 g/mol. The summed E-state index contributed by atoms with van der Waals surface area (Å²) in [4.78, 5) is 22.1. The summed E-state index contributed by atoms with van der Waals surface area (Å²) in [6, 6.07) is 0. The van der Waals surface area contributed by atoms with Gasteiger partial charge in [0.2, 0.25) is 6.08 Å². The lowest BCUT2D eigenvalue weighted by Gasteiger charge is -1.77. The predicted molar refractivity (Wildman–Crippen MR) is 34.7 cm³/mol. The maximum atomic E-state index is 10.1. The Kier molecular flexibility index (Phi) is 3.26. The van der Waals surface area contributed by atoms with Crippen LogP contribution in [0, 0.1) is 0 Å². The number of hydrogen-bond donors (Lipinski definition) is 1. The van der Waals surface area contributed by atoms with E-state index in [2.05, 4.69) is 29.8 Å². The molecule has 42 valence electrons. The molecule has 3 nitrogen and oxygen atoms in total. The van der Waals surface area contributed by atoms with Crippen molar-refractivity contribution in [3.05, 3.63) is 0 Å². The molecule has 0 bridgehead atoms. The van der Waals surface area contributed by atoms with Gasteiger partial charge in [0.15, 0.2) is 0 Å². The smallest absolute Gasteiger partial charge is 0.264 e. The van der Waals surface area contributed by atoms with Gasteiger partial charge in [-0.05, 0) is 0 Å². The van der Waals surface area contributed by atoms with Crippen LogP contribution in [0.1, 0.15) is 0 Å². The minimum Gasteiger partial charge on any atom is -0.264 e. The molecule has 0 fully saturated rings. The SMILES string of the molecule is O=C=NC(=O)C(=S)S. The average molecular weight is 147 g/mol. The van der Waals surface area contributed by atoms with Crippen molar-refractivity contribution < 1.29 is 9.59 Å². The number of isocyanates is 1. The van der Waals surface area contributed by atoms with Gasteiger partial charge in [0.1, 0.15) is 4.20 Å². The Morgan fingerprint density at radius 3 is 2.38 bits per heavy atom. The first-order chi connectivity index (χ1) is 3.68. The Morgan fingerprint density at radius 2 is 2.25 bits per heavy atom.